The molecule has 0 atom stereocenters. The number of nitrogens with one attached hydrogen (secondary N) is 2. The number of carbonyl (C=O) groups excluding carboxylic acids is 2. The highest BCUT2D eigenvalue weighted by Gasteiger charge is 2.26. The van der Waals surface area contributed by atoms with Gasteiger partial charge in [0, 0.05) is 39.3 Å². The van der Waals surface area contributed by atoms with E-state index in [1.807, 2.05) is 0 Å². The number of hydrogen-bond donors (Lipinski definition) is 2. The Balaban J connectivity index is 1.73. The van der Waals surface area contributed by atoms with E-state index < -0.39 is 0 Å². The standard InChI is InChI=1S/C9H16N4O2/c14-8-7-13(9(15)11-8)6-5-12-3-1-10-2-4-12/h10H,1-7H2,(H,11,14,15). The van der Waals surface area contributed by atoms with E-state index in [2.05, 4.69) is 15.5 Å². The molecule has 2 saturated heterocycles. The Morgan fingerprint density at radius 3 is 2.47 bits per heavy atom. The van der Waals surface area contributed by atoms with Crippen LogP contribution in [-0.2, 0) is 4.79 Å². The van der Waals surface area contributed by atoms with Gasteiger partial charge in [-0.15, -0.1) is 0 Å². The van der Waals surface area contributed by atoms with Gasteiger partial charge in [0.05, 0.1) is 0 Å². The summed E-state index contributed by atoms with van der Waals surface area (Å²) in [6, 6.07) is -0.255. The van der Waals surface area contributed by atoms with Crippen LogP contribution in [0.2, 0.25) is 0 Å². The maximum absolute atomic E-state index is 11.2. The average molecular weight is 212 g/mol. The van der Waals surface area contributed by atoms with Crippen molar-refractivity contribution in [3.05, 3.63) is 0 Å². The van der Waals surface area contributed by atoms with Crippen LogP contribution in [-0.4, -0.2) is 67.6 Å². The Morgan fingerprint density at radius 2 is 1.87 bits per heavy atom. The zero-order chi connectivity index (χ0) is 10.7. The van der Waals surface area contributed by atoms with E-state index in [1.54, 1.807) is 4.90 Å². The molecule has 0 saturated carbocycles. The lowest BCUT2D eigenvalue weighted by atomic mass is 10.3. The van der Waals surface area contributed by atoms with E-state index in [1.165, 1.54) is 0 Å². The molecule has 15 heavy (non-hydrogen) atoms. The molecule has 0 radical (unpaired) electrons. The van der Waals surface area contributed by atoms with E-state index in [0.717, 1.165) is 32.7 Å². The molecule has 6 heteroatoms. The van der Waals surface area contributed by atoms with Crippen molar-refractivity contribution in [2.24, 2.45) is 0 Å². The zero-order valence-electron chi connectivity index (χ0n) is 8.66. The van der Waals surface area contributed by atoms with Gasteiger partial charge in [0.15, 0.2) is 0 Å². The van der Waals surface area contributed by atoms with Gasteiger partial charge in [0.25, 0.3) is 0 Å². The first-order valence-electron chi connectivity index (χ1n) is 5.27. The molecule has 2 N–H and O–H groups in total. The van der Waals surface area contributed by atoms with Crippen LogP contribution in [0.25, 0.3) is 0 Å². The smallest absolute Gasteiger partial charge is 0.314 e. The van der Waals surface area contributed by atoms with Gasteiger partial charge >= 0.3 is 6.03 Å². The SMILES string of the molecule is O=C1CN(CCN2CCNCC2)C(=O)N1. The molecule has 2 fully saturated rings. The lowest BCUT2D eigenvalue weighted by molar-refractivity contribution is -0.118. The number of amides is 3. The van der Waals surface area contributed by atoms with Crippen LogP contribution in [0.3, 0.4) is 0 Å². The number of imide groups is 1. The van der Waals surface area contributed by atoms with E-state index in [-0.39, 0.29) is 18.5 Å². The molecular formula is C9H16N4O2. The second kappa shape index (κ2) is 4.59. The molecular weight excluding hydrogens is 196 g/mol. The minimum atomic E-state index is -0.255. The Labute approximate surface area is 88.6 Å². The number of urea groups is 1. The lowest BCUT2D eigenvalue weighted by Gasteiger charge is -2.28. The quantitative estimate of drug-likeness (QED) is 0.556. The Morgan fingerprint density at radius 1 is 1.13 bits per heavy atom. The highest BCUT2D eigenvalue weighted by atomic mass is 16.2. The number of hydrogen-bond acceptors (Lipinski definition) is 4. The summed E-state index contributed by atoms with van der Waals surface area (Å²) >= 11 is 0. The predicted molar refractivity (Wildman–Crippen MR) is 54.4 cm³/mol. The summed E-state index contributed by atoms with van der Waals surface area (Å²) in [7, 11) is 0. The van der Waals surface area contributed by atoms with Crippen LogP contribution in [0.4, 0.5) is 4.79 Å². The Hall–Kier alpha value is -1.14. The van der Waals surface area contributed by atoms with Crippen molar-refractivity contribution < 1.29 is 9.59 Å². The highest BCUT2D eigenvalue weighted by Crippen LogP contribution is 1.99. The van der Waals surface area contributed by atoms with Gasteiger partial charge < -0.3 is 10.2 Å². The summed E-state index contributed by atoms with van der Waals surface area (Å²) in [5, 5.41) is 5.54. The van der Waals surface area contributed by atoms with E-state index in [4.69, 9.17) is 0 Å². The van der Waals surface area contributed by atoms with Crippen molar-refractivity contribution in [3.63, 3.8) is 0 Å². The van der Waals surface area contributed by atoms with Crippen LogP contribution in [0, 0.1) is 0 Å². The van der Waals surface area contributed by atoms with E-state index >= 15 is 0 Å². The summed E-state index contributed by atoms with van der Waals surface area (Å²) < 4.78 is 0. The molecule has 84 valence electrons. The highest BCUT2D eigenvalue weighted by molar-refractivity contribution is 6.01. The maximum Gasteiger partial charge on any atom is 0.324 e. The number of rotatable bonds is 3. The molecule has 2 aliphatic heterocycles. The molecule has 0 aromatic rings. The largest absolute Gasteiger partial charge is 0.324 e. The first kappa shape index (κ1) is 10.4. The summed E-state index contributed by atoms with van der Waals surface area (Å²) in [5.74, 6) is -0.194. The predicted octanol–water partition coefficient (Wildman–Crippen LogP) is -1.56. The summed E-state index contributed by atoms with van der Waals surface area (Å²) in [6.45, 7) is 5.74. The molecule has 2 aliphatic rings. The molecule has 0 unspecified atom stereocenters. The summed E-state index contributed by atoms with van der Waals surface area (Å²) in [5.41, 5.74) is 0. The van der Waals surface area contributed by atoms with Crippen molar-refractivity contribution in [1.82, 2.24) is 20.4 Å². The Kier molecular flexibility index (Phi) is 3.17. The van der Waals surface area contributed by atoms with Crippen molar-refractivity contribution in [2.45, 2.75) is 0 Å². The van der Waals surface area contributed by atoms with Gasteiger partial charge in [-0.25, -0.2) is 4.79 Å². The number of carbonyl (C=O) groups is 2. The fourth-order valence-electron chi connectivity index (χ4n) is 1.86. The third kappa shape index (κ3) is 2.66. The van der Waals surface area contributed by atoms with E-state index in [9.17, 15) is 9.59 Å². The minimum Gasteiger partial charge on any atom is -0.314 e. The molecule has 2 heterocycles. The fraction of sp³-hybridized carbons (Fsp3) is 0.778. The van der Waals surface area contributed by atoms with Crippen molar-refractivity contribution in [3.8, 4) is 0 Å². The van der Waals surface area contributed by atoms with Crippen LogP contribution >= 0.6 is 0 Å². The first-order valence-corrected chi connectivity index (χ1v) is 5.27. The van der Waals surface area contributed by atoms with Gasteiger partial charge in [0.2, 0.25) is 5.91 Å². The monoisotopic (exact) mass is 212 g/mol. The zero-order valence-corrected chi connectivity index (χ0v) is 8.66. The third-order valence-electron chi connectivity index (χ3n) is 2.76. The molecule has 0 bridgehead atoms. The molecule has 0 spiro atoms. The third-order valence-corrected chi connectivity index (χ3v) is 2.76. The van der Waals surface area contributed by atoms with E-state index in [0.29, 0.717) is 6.54 Å². The second-order valence-corrected chi connectivity index (χ2v) is 3.87. The van der Waals surface area contributed by atoms with Gasteiger partial charge in [-0.3, -0.25) is 15.0 Å². The molecule has 2 rings (SSSR count). The topological polar surface area (TPSA) is 64.7 Å². The van der Waals surface area contributed by atoms with Gasteiger partial charge in [-0.05, 0) is 0 Å². The molecule has 3 amide bonds. The molecule has 0 aromatic carbocycles. The minimum absolute atomic E-state index is 0.194. The van der Waals surface area contributed by atoms with Crippen LogP contribution < -0.4 is 10.6 Å². The molecule has 0 aromatic heterocycles. The van der Waals surface area contributed by atoms with Crippen LogP contribution in [0.5, 0.6) is 0 Å². The van der Waals surface area contributed by atoms with Gasteiger partial charge in [-0.1, -0.05) is 0 Å². The number of nitrogens with zero attached hydrogens (tertiary/aromatic N) is 2. The normalized spacial score (nSPS) is 23.3. The van der Waals surface area contributed by atoms with Crippen molar-refractivity contribution >= 4 is 11.9 Å². The van der Waals surface area contributed by atoms with Crippen molar-refractivity contribution in [2.75, 3.05) is 45.8 Å². The molecule has 0 aliphatic carbocycles. The number of piperazine rings is 1. The van der Waals surface area contributed by atoms with Crippen LogP contribution in [0.1, 0.15) is 0 Å². The first-order chi connectivity index (χ1) is 7.25. The fourth-order valence-corrected chi connectivity index (χ4v) is 1.86. The van der Waals surface area contributed by atoms with Crippen molar-refractivity contribution in [1.29, 1.82) is 0 Å². The summed E-state index contributed by atoms with van der Waals surface area (Å²) in [4.78, 5) is 26.0. The Bertz CT molecular complexity index is 263. The summed E-state index contributed by atoms with van der Waals surface area (Å²) in [6.07, 6.45) is 0. The lowest BCUT2D eigenvalue weighted by Crippen LogP contribution is -2.46. The second-order valence-electron chi connectivity index (χ2n) is 3.87. The maximum atomic E-state index is 11.2. The average Bonchev–Trinajstić information content (AvgIpc) is 2.56. The van der Waals surface area contributed by atoms with Crippen LogP contribution in [0.15, 0.2) is 0 Å². The van der Waals surface area contributed by atoms with Gasteiger partial charge in [0.1, 0.15) is 6.54 Å². The molecule has 6 nitrogen and oxygen atoms in total. The van der Waals surface area contributed by atoms with Gasteiger partial charge in [-0.2, -0.15) is 0 Å².